The summed E-state index contributed by atoms with van der Waals surface area (Å²) in [6, 6.07) is 0.439. The van der Waals surface area contributed by atoms with Gasteiger partial charge in [-0.25, -0.2) is 4.39 Å². The van der Waals surface area contributed by atoms with E-state index in [0.29, 0.717) is 18.1 Å². The van der Waals surface area contributed by atoms with Crippen LogP contribution in [0, 0.1) is 17.8 Å². The van der Waals surface area contributed by atoms with Gasteiger partial charge in [0.15, 0.2) is 0 Å². The fraction of sp³-hybridized carbons (Fsp3) is 0.950. The lowest BCUT2D eigenvalue weighted by atomic mass is 9.78. The molecule has 1 saturated heterocycles. The number of halogens is 1. The van der Waals surface area contributed by atoms with Crippen molar-refractivity contribution in [3.63, 3.8) is 0 Å². The van der Waals surface area contributed by atoms with Gasteiger partial charge < -0.3 is 10.1 Å². The van der Waals surface area contributed by atoms with E-state index in [0.717, 1.165) is 44.7 Å². The predicted molar refractivity (Wildman–Crippen MR) is 104 cm³/mol. The van der Waals surface area contributed by atoms with Crippen molar-refractivity contribution in [1.29, 1.82) is 0 Å². The molecule has 0 atom stereocenters. The van der Waals surface area contributed by atoms with Gasteiger partial charge in [-0.1, -0.05) is 0 Å². The molecule has 0 bridgehead atoms. The van der Waals surface area contributed by atoms with Crippen LogP contribution in [-0.2, 0) is 9.53 Å². The van der Waals surface area contributed by atoms with Gasteiger partial charge in [0.1, 0.15) is 13.0 Å². The van der Waals surface area contributed by atoms with Gasteiger partial charge in [-0.3, -0.25) is 20.7 Å². The molecule has 0 aromatic heterocycles. The summed E-state index contributed by atoms with van der Waals surface area (Å²) in [7, 11) is 1.83. The molecule has 0 aromatic rings. The Morgan fingerprint density at radius 1 is 1.00 bits per heavy atom. The molecule has 7 heteroatoms. The van der Waals surface area contributed by atoms with Crippen LogP contribution in [0.2, 0.25) is 0 Å². The number of carbonyl (C=O) groups is 1. The fourth-order valence-electron chi connectivity index (χ4n) is 5.00. The van der Waals surface area contributed by atoms with Crippen molar-refractivity contribution >= 4 is 5.91 Å². The number of hydrogen-bond acceptors (Lipinski definition) is 5. The number of alkyl halides is 1. The zero-order valence-electron chi connectivity index (χ0n) is 16.6. The Labute approximate surface area is 162 Å². The average molecular weight is 385 g/mol. The summed E-state index contributed by atoms with van der Waals surface area (Å²) in [5, 5.41) is 13.6. The maximum Gasteiger partial charge on any atom is 0.223 e. The van der Waals surface area contributed by atoms with E-state index < -0.39 is 6.67 Å². The molecule has 2 saturated carbocycles. The van der Waals surface area contributed by atoms with Crippen LogP contribution in [0.3, 0.4) is 0 Å². The Kier molecular flexibility index (Phi) is 8.30. The molecule has 3 fully saturated rings. The second-order valence-electron chi connectivity index (χ2n) is 8.48. The van der Waals surface area contributed by atoms with Crippen molar-refractivity contribution in [1.82, 2.24) is 21.3 Å². The van der Waals surface area contributed by atoms with E-state index in [2.05, 4.69) is 21.3 Å². The Balaban J connectivity index is 1.31. The van der Waals surface area contributed by atoms with Crippen LogP contribution in [-0.4, -0.2) is 57.8 Å². The monoisotopic (exact) mass is 384 g/mol. The van der Waals surface area contributed by atoms with Gasteiger partial charge in [0.2, 0.25) is 5.91 Å². The quantitative estimate of drug-likeness (QED) is 0.536. The molecule has 0 spiro atoms. The second kappa shape index (κ2) is 10.7. The molecule has 0 aromatic carbocycles. The third-order valence-corrected chi connectivity index (χ3v) is 6.78. The topological polar surface area (TPSA) is 74.4 Å². The molecular weight excluding hydrogens is 347 g/mol. The molecule has 3 rings (SSSR count). The van der Waals surface area contributed by atoms with E-state index >= 15 is 0 Å². The van der Waals surface area contributed by atoms with Crippen LogP contribution in [0.15, 0.2) is 0 Å². The summed E-state index contributed by atoms with van der Waals surface area (Å²) in [4.78, 5) is 11.9. The zero-order valence-corrected chi connectivity index (χ0v) is 16.6. The van der Waals surface area contributed by atoms with Crippen molar-refractivity contribution in [2.45, 2.75) is 69.8 Å². The zero-order chi connectivity index (χ0) is 19.1. The molecule has 27 heavy (non-hydrogen) atoms. The summed E-state index contributed by atoms with van der Waals surface area (Å²) < 4.78 is 17.7. The van der Waals surface area contributed by atoms with Crippen LogP contribution in [0.4, 0.5) is 4.39 Å². The second-order valence-corrected chi connectivity index (χ2v) is 8.48. The third kappa shape index (κ3) is 6.11. The molecule has 3 aliphatic rings. The van der Waals surface area contributed by atoms with Crippen LogP contribution in [0.5, 0.6) is 0 Å². The lowest BCUT2D eigenvalue weighted by Gasteiger charge is -2.40. The number of amides is 1. The van der Waals surface area contributed by atoms with Gasteiger partial charge in [-0.05, 0) is 63.2 Å². The number of rotatable bonds is 7. The van der Waals surface area contributed by atoms with Gasteiger partial charge in [0.25, 0.3) is 0 Å². The van der Waals surface area contributed by atoms with E-state index in [1.165, 1.54) is 25.7 Å². The van der Waals surface area contributed by atoms with Crippen LogP contribution < -0.4 is 21.3 Å². The van der Waals surface area contributed by atoms with E-state index in [-0.39, 0.29) is 24.7 Å². The Bertz CT molecular complexity index is 443. The van der Waals surface area contributed by atoms with Crippen molar-refractivity contribution in [3.8, 4) is 0 Å². The summed E-state index contributed by atoms with van der Waals surface area (Å²) >= 11 is 0. The molecule has 1 aliphatic heterocycles. The van der Waals surface area contributed by atoms with Crippen LogP contribution >= 0.6 is 0 Å². The molecule has 0 unspecified atom stereocenters. The normalized spacial score (nSPS) is 37.7. The van der Waals surface area contributed by atoms with Crippen LogP contribution in [0.1, 0.15) is 51.4 Å². The maximum absolute atomic E-state index is 12.2. The Morgan fingerprint density at radius 3 is 2.26 bits per heavy atom. The van der Waals surface area contributed by atoms with Crippen molar-refractivity contribution in [3.05, 3.63) is 0 Å². The standard InChI is InChI=1S/C20H37FN4O2/c1-27-18-8-4-14(5-9-18)16-12-23-20(24-13-16)25-17-6-2-15(3-7-17)19(26)22-11-10-21/h14-18,20,23-25H,2-13H2,1H3,(H,22,26). The first kappa shape index (κ1) is 21.0. The SMILES string of the molecule is COC1CCC(C2CNC(NC3CCC(C(=O)NCCF)CC3)NC2)CC1. The van der Waals surface area contributed by atoms with Crippen molar-refractivity contribution in [2.24, 2.45) is 17.8 Å². The number of nitrogens with one attached hydrogen (secondary N) is 4. The summed E-state index contributed by atoms with van der Waals surface area (Å²) in [6.07, 6.45) is 9.34. The number of carbonyl (C=O) groups excluding carboxylic acids is 1. The van der Waals surface area contributed by atoms with E-state index in [1.54, 1.807) is 0 Å². The minimum atomic E-state index is -0.490. The number of methoxy groups -OCH3 is 1. The fourth-order valence-corrected chi connectivity index (χ4v) is 5.00. The first-order valence-corrected chi connectivity index (χ1v) is 10.8. The minimum absolute atomic E-state index is 0.0195. The smallest absolute Gasteiger partial charge is 0.223 e. The maximum atomic E-state index is 12.2. The molecule has 1 amide bonds. The molecule has 6 nitrogen and oxygen atoms in total. The summed E-state index contributed by atoms with van der Waals surface area (Å²) in [5.74, 6) is 1.57. The van der Waals surface area contributed by atoms with Gasteiger partial charge >= 0.3 is 0 Å². The predicted octanol–water partition coefficient (Wildman–Crippen LogP) is 1.52. The average Bonchev–Trinajstić information content (AvgIpc) is 2.73. The van der Waals surface area contributed by atoms with Crippen LogP contribution in [0.25, 0.3) is 0 Å². The van der Waals surface area contributed by atoms with E-state index in [4.69, 9.17) is 4.74 Å². The summed E-state index contributed by atoms with van der Waals surface area (Å²) in [5.41, 5.74) is 0. The lowest BCUT2D eigenvalue weighted by molar-refractivity contribution is -0.126. The Morgan fingerprint density at radius 2 is 1.67 bits per heavy atom. The largest absolute Gasteiger partial charge is 0.381 e. The van der Waals surface area contributed by atoms with E-state index in [9.17, 15) is 9.18 Å². The molecule has 156 valence electrons. The highest BCUT2D eigenvalue weighted by Crippen LogP contribution is 2.32. The molecule has 4 N–H and O–H groups in total. The highest BCUT2D eigenvalue weighted by Gasteiger charge is 2.32. The number of ether oxygens (including phenoxy) is 1. The molecular formula is C20H37FN4O2. The van der Waals surface area contributed by atoms with Gasteiger partial charge in [-0.2, -0.15) is 0 Å². The first-order chi connectivity index (χ1) is 13.2. The molecule has 2 aliphatic carbocycles. The van der Waals surface area contributed by atoms with Crippen molar-refractivity contribution in [2.75, 3.05) is 33.4 Å². The first-order valence-electron chi connectivity index (χ1n) is 10.8. The number of hydrogen-bond donors (Lipinski definition) is 4. The summed E-state index contributed by atoms with van der Waals surface area (Å²) in [6.45, 7) is 1.78. The highest BCUT2D eigenvalue weighted by molar-refractivity contribution is 5.78. The van der Waals surface area contributed by atoms with Crippen molar-refractivity contribution < 1.29 is 13.9 Å². The third-order valence-electron chi connectivity index (χ3n) is 6.78. The van der Waals surface area contributed by atoms with Gasteiger partial charge in [0.05, 0.1) is 6.10 Å². The molecule has 0 radical (unpaired) electrons. The van der Waals surface area contributed by atoms with E-state index in [1.807, 2.05) is 7.11 Å². The molecule has 1 heterocycles. The van der Waals surface area contributed by atoms with Gasteiger partial charge in [0, 0.05) is 38.7 Å². The van der Waals surface area contributed by atoms with Gasteiger partial charge in [-0.15, -0.1) is 0 Å². The minimum Gasteiger partial charge on any atom is -0.381 e. The Hall–Kier alpha value is -0.760. The lowest BCUT2D eigenvalue weighted by Crippen LogP contribution is -2.63. The highest BCUT2D eigenvalue weighted by atomic mass is 19.1.